The van der Waals surface area contributed by atoms with Crippen LogP contribution >= 0.6 is 0 Å². The van der Waals surface area contributed by atoms with Gasteiger partial charge in [0.25, 0.3) is 0 Å². The molecule has 0 aromatic carbocycles. The van der Waals surface area contributed by atoms with Crippen LogP contribution in [0.4, 0.5) is 4.39 Å². The lowest BCUT2D eigenvalue weighted by atomic mass is 9.69. The Balaban J connectivity index is 0.00000128. The second-order valence-electron chi connectivity index (χ2n) is 6.09. The summed E-state index contributed by atoms with van der Waals surface area (Å²) in [6.45, 7) is 4.43. The van der Waals surface area contributed by atoms with Gasteiger partial charge in [-0.3, -0.25) is 0 Å². The Kier molecular flexibility index (Phi) is 7.26. The molecule has 2 rings (SSSR count). The van der Waals surface area contributed by atoms with Crippen molar-refractivity contribution in [1.29, 1.82) is 0 Å². The lowest BCUT2D eigenvalue weighted by Crippen LogP contribution is -2.30. The largest absolute Gasteiger partial charge is 0.412 e. The van der Waals surface area contributed by atoms with Gasteiger partial charge in [0, 0.05) is 0 Å². The lowest BCUT2D eigenvalue weighted by molar-refractivity contribution is 0.0854. The van der Waals surface area contributed by atoms with Gasteiger partial charge in [0.2, 0.25) is 0 Å². The predicted molar refractivity (Wildman–Crippen MR) is 69.8 cm³/mol. The first-order valence-corrected chi connectivity index (χ1v) is 6.81. The summed E-state index contributed by atoms with van der Waals surface area (Å²) < 4.78 is 13.7. The van der Waals surface area contributed by atoms with Crippen LogP contribution < -0.4 is 0 Å². The highest BCUT2D eigenvalue weighted by molar-refractivity contribution is 4.84. The van der Waals surface area contributed by atoms with Gasteiger partial charge in [-0.2, -0.15) is 0 Å². The number of rotatable bonds is 1. The summed E-state index contributed by atoms with van der Waals surface area (Å²) in [6.07, 6.45) is 8.27. The molecule has 3 atom stereocenters. The summed E-state index contributed by atoms with van der Waals surface area (Å²) in [6, 6.07) is 0. The molecule has 0 heterocycles. The van der Waals surface area contributed by atoms with Crippen molar-refractivity contribution in [1.82, 2.24) is 0 Å². The molecule has 0 spiro atoms. The Labute approximate surface area is 105 Å². The van der Waals surface area contributed by atoms with Crippen LogP contribution in [0.2, 0.25) is 0 Å². The zero-order valence-corrected chi connectivity index (χ0v) is 11.2. The Morgan fingerprint density at radius 3 is 1.82 bits per heavy atom. The third-order valence-electron chi connectivity index (χ3n) is 4.87. The van der Waals surface area contributed by atoms with Crippen molar-refractivity contribution in [3.8, 4) is 0 Å². The van der Waals surface area contributed by atoms with E-state index in [4.69, 9.17) is 0 Å². The molecule has 0 radical (unpaired) electrons. The van der Waals surface area contributed by atoms with Gasteiger partial charge in [0.05, 0.1) is 0 Å². The first-order chi connectivity index (χ1) is 7.16. The topological polar surface area (TPSA) is 63.0 Å². The fraction of sp³-hybridized carbons (Fsp3) is 1.00. The number of alkyl halides is 1. The summed E-state index contributed by atoms with van der Waals surface area (Å²) in [4.78, 5) is 0. The summed E-state index contributed by atoms with van der Waals surface area (Å²) in [5.74, 6) is 2.81. The van der Waals surface area contributed by atoms with Crippen molar-refractivity contribution in [2.75, 3.05) is 0 Å². The van der Waals surface area contributed by atoms with Crippen molar-refractivity contribution in [2.24, 2.45) is 23.7 Å². The van der Waals surface area contributed by atoms with E-state index in [2.05, 4.69) is 13.8 Å². The molecule has 0 aromatic rings. The summed E-state index contributed by atoms with van der Waals surface area (Å²) in [5, 5.41) is 0. The lowest BCUT2D eigenvalue weighted by Gasteiger charge is -2.38. The molecule has 0 bridgehead atoms. The summed E-state index contributed by atoms with van der Waals surface area (Å²) >= 11 is 0. The van der Waals surface area contributed by atoms with E-state index in [1.807, 2.05) is 0 Å². The maximum absolute atomic E-state index is 13.7. The van der Waals surface area contributed by atoms with Crippen molar-refractivity contribution < 1.29 is 15.3 Å². The fourth-order valence-corrected chi connectivity index (χ4v) is 3.48. The van der Waals surface area contributed by atoms with Gasteiger partial charge >= 0.3 is 0 Å². The highest BCUT2D eigenvalue weighted by Crippen LogP contribution is 2.41. The molecule has 0 aliphatic heterocycles. The van der Waals surface area contributed by atoms with Gasteiger partial charge in [-0.1, -0.05) is 26.7 Å². The normalized spacial score (nSPS) is 42.2. The van der Waals surface area contributed by atoms with Crippen LogP contribution in [0.15, 0.2) is 0 Å². The van der Waals surface area contributed by atoms with E-state index in [1.54, 1.807) is 0 Å². The number of hydrogen-bond acceptors (Lipinski definition) is 0. The standard InChI is InChI=1S/C14H25F.2H2O/c1-10-3-6-12(7-4-10)13-8-5-11(2)14(15)9-13;;/h10-14H,3-9H2,1-2H3;2*1H2. The summed E-state index contributed by atoms with van der Waals surface area (Å²) in [7, 11) is 0. The van der Waals surface area contributed by atoms with Crippen LogP contribution in [0, 0.1) is 23.7 Å². The molecule has 2 aliphatic rings. The van der Waals surface area contributed by atoms with Crippen LogP contribution in [0.3, 0.4) is 0 Å². The molecule has 2 saturated carbocycles. The fourth-order valence-electron chi connectivity index (χ4n) is 3.48. The predicted octanol–water partition coefficient (Wildman–Crippen LogP) is 2.94. The molecule has 2 nitrogen and oxygen atoms in total. The first kappa shape index (κ1) is 16.9. The molecule has 0 amide bonds. The van der Waals surface area contributed by atoms with Crippen molar-refractivity contribution in [3.63, 3.8) is 0 Å². The second-order valence-corrected chi connectivity index (χ2v) is 6.09. The van der Waals surface area contributed by atoms with E-state index >= 15 is 0 Å². The molecule has 0 aromatic heterocycles. The minimum Gasteiger partial charge on any atom is -0.412 e. The van der Waals surface area contributed by atoms with Crippen LogP contribution in [-0.2, 0) is 0 Å². The van der Waals surface area contributed by atoms with Gasteiger partial charge in [-0.15, -0.1) is 0 Å². The third-order valence-corrected chi connectivity index (χ3v) is 4.87. The van der Waals surface area contributed by atoms with Gasteiger partial charge in [-0.25, -0.2) is 4.39 Å². The smallest absolute Gasteiger partial charge is 0.103 e. The molecule has 4 N–H and O–H groups in total. The van der Waals surface area contributed by atoms with Gasteiger partial charge in [-0.05, 0) is 55.8 Å². The van der Waals surface area contributed by atoms with Crippen molar-refractivity contribution in [2.45, 2.75) is 65.0 Å². The van der Waals surface area contributed by atoms with Crippen LogP contribution in [0.1, 0.15) is 58.8 Å². The number of halogens is 1. The average Bonchev–Trinajstić information content (AvgIpc) is 2.23. The monoisotopic (exact) mass is 248 g/mol. The van der Waals surface area contributed by atoms with E-state index in [9.17, 15) is 4.39 Å². The Bertz CT molecular complexity index is 202. The zero-order valence-electron chi connectivity index (χ0n) is 11.2. The first-order valence-electron chi connectivity index (χ1n) is 6.81. The highest BCUT2D eigenvalue weighted by Gasteiger charge is 2.33. The average molecular weight is 248 g/mol. The highest BCUT2D eigenvalue weighted by atomic mass is 19.1. The van der Waals surface area contributed by atoms with E-state index in [0.717, 1.165) is 24.7 Å². The Morgan fingerprint density at radius 1 is 0.765 bits per heavy atom. The maximum atomic E-state index is 13.7. The Morgan fingerprint density at radius 2 is 1.29 bits per heavy atom. The van der Waals surface area contributed by atoms with Crippen molar-refractivity contribution in [3.05, 3.63) is 0 Å². The molecule has 3 heteroatoms. The number of hydrogen-bond donors (Lipinski definition) is 0. The molecule has 104 valence electrons. The second kappa shape index (κ2) is 7.32. The minimum absolute atomic E-state index is 0. The van der Waals surface area contributed by atoms with Crippen LogP contribution in [0.5, 0.6) is 0 Å². The SMILES string of the molecule is CC1CCC(C2CCC(C)C(F)C2)CC1.O.O. The van der Waals surface area contributed by atoms with Gasteiger partial charge in [0.1, 0.15) is 6.17 Å². The molecular formula is C14H29FO2. The zero-order chi connectivity index (χ0) is 10.8. The van der Waals surface area contributed by atoms with Crippen LogP contribution in [-0.4, -0.2) is 17.1 Å². The van der Waals surface area contributed by atoms with E-state index in [0.29, 0.717) is 11.8 Å². The Hall–Kier alpha value is -0.150. The molecular weight excluding hydrogens is 219 g/mol. The van der Waals surface area contributed by atoms with E-state index in [1.165, 1.54) is 32.1 Å². The maximum Gasteiger partial charge on any atom is 0.103 e. The minimum atomic E-state index is -0.511. The van der Waals surface area contributed by atoms with Gasteiger partial charge < -0.3 is 11.0 Å². The molecule has 3 unspecified atom stereocenters. The quantitative estimate of drug-likeness (QED) is 0.685. The summed E-state index contributed by atoms with van der Waals surface area (Å²) in [5.41, 5.74) is 0. The molecule has 2 aliphatic carbocycles. The van der Waals surface area contributed by atoms with Crippen LogP contribution in [0.25, 0.3) is 0 Å². The van der Waals surface area contributed by atoms with Crippen molar-refractivity contribution >= 4 is 0 Å². The van der Waals surface area contributed by atoms with E-state index < -0.39 is 6.17 Å². The molecule has 17 heavy (non-hydrogen) atoms. The third kappa shape index (κ3) is 4.22. The molecule has 2 fully saturated rings. The van der Waals surface area contributed by atoms with Gasteiger partial charge in [0.15, 0.2) is 0 Å². The van der Waals surface area contributed by atoms with E-state index in [-0.39, 0.29) is 11.0 Å². The molecule has 0 saturated heterocycles.